The Bertz CT molecular complexity index is 952. The predicted octanol–water partition coefficient (Wildman–Crippen LogP) is 2.22. The Labute approximate surface area is 185 Å². The second-order valence-corrected chi connectivity index (χ2v) is 8.04. The summed E-state index contributed by atoms with van der Waals surface area (Å²) < 4.78 is 34.6. The molecule has 3 heterocycles. The highest BCUT2D eigenvalue weighted by Crippen LogP contribution is 2.27. The molecule has 3 rings (SSSR count). The third-order valence-corrected chi connectivity index (χ3v) is 5.02. The van der Waals surface area contributed by atoms with E-state index in [2.05, 4.69) is 20.6 Å². The Hall–Kier alpha value is -3.05. The van der Waals surface area contributed by atoms with Gasteiger partial charge in [-0.05, 0) is 18.4 Å². The van der Waals surface area contributed by atoms with Crippen molar-refractivity contribution in [1.82, 2.24) is 9.97 Å². The Balaban J connectivity index is 1.87. The van der Waals surface area contributed by atoms with Gasteiger partial charge in [-0.3, -0.25) is 4.79 Å². The van der Waals surface area contributed by atoms with Crippen molar-refractivity contribution in [2.24, 2.45) is 17.4 Å². The number of rotatable bonds is 9. The zero-order valence-electron chi connectivity index (χ0n) is 18.2. The standard InChI is InChI=1S/C21H29F2N7O2/c1-12(2)7-13(10-24)27-20-16(22)9-15(18(25)31)19(29-20)28-14-8-17(23)21(26-11-14)30-3-5-32-6-4-30/h8-9,11-13H,3-7,10,24H2,1-2H3,(H2,25,31)(H2,27,28,29). The molecule has 2 aromatic rings. The van der Waals surface area contributed by atoms with Crippen molar-refractivity contribution in [3.63, 3.8) is 0 Å². The molecule has 0 aromatic carbocycles. The lowest BCUT2D eigenvalue weighted by atomic mass is 10.0. The average Bonchev–Trinajstić information content (AvgIpc) is 2.75. The van der Waals surface area contributed by atoms with E-state index in [1.807, 2.05) is 13.8 Å². The van der Waals surface area contributed by atoms with Crippen LogP contribution in [0.1, 0.15) is 30.6 Å². The summed E-state index contributed by atoms with van der Waals surface area (Å²) in [5.74, 6) is -1.70. The van der Waals surface area contributed by atoms with E-state index in [9.17, 15) is 13.6 Å². The molecule has 1 aliphatic heterocycles. The van der Waals surface area contributed by atoms with E-state index in [4.69, 9.17) is 16.2 Å². The Morgan fingerprint density at radius 1 is 1.22 bits per heavy atom. The quantitative estimate of drug-likeness (QED) is 0.458. The number of carbonyl (C=O) groups is 1. The molecule has 0 radical (unpaired) electrons. The van der Waals surface area contributed by atoms with Crippen LogP contribution in [0.2, 0.25) is 0 Å². The number of carbonyl (C=O) groups excluding carboxylic acids is 1. The number of aromatic nitrogens is 2. The highest BCUT2D eigenvalue weighted by Gasteiger charge is 2.20. The minimum atomic E-state index is -0.874. The fraction of sp³-hybridized carbons (Fsp3) is 0.476. The second kappa shape index (κ2) is 10.5. The lowest BCUT2D eigenvalue weighted by Crippen LogP contribution is -2.37. The van der Waals surface area contributed by atoms with Gasteiger partial charge in [-0.2, -0.15) is 0 Å². The lowest BCUT2D eigenvalue weighted by molar-refractivity contribution is 0.100. The predicted molar refractivity (Wildman–Crippen MR) is 119 cm³/mol. The van der Waals surface area contributed by atoms with E-state index in [0.717, 1.165) is 6.07 Å². The van der Waals surface area contributed by atoms with E-state index in [0.29, 0.717) is 38.6 Å². The van der Waals surface area contributed by atoms with Gasteiger partial charge in [0.15, 0.2) is 23.3 Å². The van der Waals surface area contributed by atoms with Crippen LogP contribution in [-0.4, -0.2) is 54.8 Å². The summed E-state index contributed by atoms with van der Waals surface area (Å²) in [5.41, 5.74) is 11.3. The van der Waals surface area contributed by atoms with E-state index < -0.39 is 17.5 Å². The maximum Gasteiger partial charge on any atom is 0.252 e. The van der Waals surface area contributed by atoms with Crippen molar-refractivity contribution in [2.75, 3.05) is 48.4 Å². The van der Waals surface area contributed by atoms with Gasteiger partial charge in [0, 0.05) is 31.7 Å². The van der Waals surface area contributed by atoms with E-state index in [1.165, 1.54) is 12.3 Å². The number of ether oxygens (including phenoxy) is 1. The molecule has 0 saturated carbocycles. The zero-order valence-corrected chi connectivity index (χ0v) is 18.2. The number of pyridine rings is 2. The van der Waals surface area contributed by atoms with Gasteiger partial charge in [0.2, 0.25) is 0 Å². The minimum Gasteiger partial charge on any atom is -0.378 e. The van der Waals surface area contributed by atoms with Gasteiger partial charge >= 0.3 is 0 Å². The maximum atomic E-state index is 14.7. The van der Waals surface area contributed by atoms with Crippen molar-refractivity contribution in [3.05, 3.63) is 35.5 Å². The van der Waals surface area contributed by atoms with Gasteiger partial charge in [-0.1, -0.05) is 13.8 Å². The Kier molecular flexibility index (Phi) is 7.75. The molecule has 0 aliphatic carbocycles. The van der Waals surface area contributed by atoms with Gasteiger partial charge in [-0.15, -0.1) is 0 Å². The largest absolute Gasteiger partial charge is 0.378 e. The molecule has 1 unspecified atom stereocenters. The van der Waals surface area contributed by atoms with Crippen LogP contribution in [0, 0.1) is 17.6 Å². The van der Waals surface area contributed by atoms with Crippen molar-refractivity contribution in [2.45, 2.75) is 26.3 Å². The fourth-order valence-electron chi connectivity index (χ4n) is 3.49. The number of hydrogen-bond donors (Lipinski definition) is 4. The lowest BCUT2D eigenvalue weighted by Gasteiger charge is -2.28. The third kappa shape index (κ3) is 5.80. The van der Waals surface area contributed by atoms with Gasteiger partial charge in [0.25, 0.3) is 5.91 Å². The highest BCUT2D eigenvalue weighted by atomic mass is 19.1. The van der Waals surface area contributed by atoms with Gasteiger partial charge in [0.05, 0.1) is 30.7 Å². The number of anilines is 4. The summed E-state index contributed by atoms with van der Waals surface area (Å²) in [6.07, 6.45) is 2.12. The topological polar surface area (TPSA) is 131 Å². The van der Waals surface area contributed by atoms with E-state index >= 15 is 0 Å². The average molecular weight is 450 g/mol. The number of nitrogens with zero attached hydrogens (tertiary/aromatic N) is 3. The molecular weight excluding hydrogens is 420 g/mol. The number of morpholine rings is 1. The maximum absolute atomic E-state index is 14.7. The molecule has 1 fully saturated rings. The first-order chi connectivity index (χ1) is 15.3. The Morgan fingerprint density at radius 2 is 1.94 bits per heavy atom. The molecule has 2 aromatic heterocycles. The zero-order chi connectivity index (χ0) is 23.3. The summed E-state index contributed by atoms with van der Waals surface area (Å²) in [6.45, 7) is 6.40. The van der Waals surface area contributed by atoms with E-state index in [-0.39, 0.29) is 41.3 Å². The molecule has 1 saturated heterocycles. The molecule has 174 valence electrons. The van der Waals surface area contributed by atoms with Crippen molar-refractivity contribution >= 4 is 29.0 Å². The molecular formula is C21H29F2N7O2. The number of amides is 1. The van der Waals surface area contributed by atoms with Crippen LogP contribution in [0.4, 0.5) is 31.9 Å². The fourth-order valence-corrected chi connectivity index (χ4v) is 3.49. The van der Waals surface area contributed by atoms with Crippen LogP contribution in [0.25, 0.3) is 0 Å². The third-order valence-electron chi connectivity index (χ3n) is 5.02. The van der Waals surface area contributed by atoms with Crippen molar-refractivity contribution < 1.29 is 18.3 Å². The monoisotopic (exact) mass is 449 g/mol. The first kappa shape index (κ1) is 23.6. The molecule has 11 heteroatoms. The second-order valence-electron chi connectivity index (χ2n) is 8.04. The molecule has 1 amide bonds. The van der Waals surface area contributed by atoms with Crippen LogP contribution in [0.5, 0.6) is 0 Å². The molecule has 0 spiro atoms. The first-order valence-corrected chi connectivity index (χ1v) is 10.5. The highest BCUT2D eigenvalue weighted by molar-refractivity contribution is 5.98. The number of primary amides is 1. The first-order valence-electron chi connectivity index (χ1n) is 10.5. The molecule has 1 atom stereocenters. The summed E-state index contributed by atoms with van der Waals surface area (Å²) in [4.78, 5) is 22.0. The molecule has 32 heavy (non-hydrogen) atoms. The van der Waals surface area contributed by atoms with Crippen molar-refractivity contribution in [1.29, 1.82) is 0 Å². The summed E-state index contributed by atoms with van der Waals surface area (Å²) in [7, 11) is 0. The van der Waals surface area contributed by atoms with Crippen LogP contribution in [-0.2, 0) is 4.74 Å². The van der Waals surface area contributed by atoms with E-state index in [1.54, 1.807) is 4.90 Å². The van der Waals surface area contributed by atoms with Gasteiger partial charge < -0.3 is 31.7 Å². The Morgan fingerprint density at radius 3 is 2.53 bits per heavy atom. The smallest absolute Gasteiger partial charge is 0.252 e. The van der Waals surface area contributed by atoms with Crippen LogP contribution < -0.4 is 27.0 Å². The summed E-state index contributed by atoms with van der Waals surface area (Å²) in [6, 6.07) is 2.02. The van der Waals surface area contributed by atoms with Gasteiger partial charge in [0.1, 0.15) is 5.82 Å². The number of hydrogen-bond acceptors (Lipinski definition) is 8. The van der Waals surface area contributed by atoms with Crippen LogP contribution in [0.15, 0.2) is 18.3 Å². The normalized spacial score (nSPS) is 15.0. The molecule has 9 nitrogen and oxygen atoms in total. The molecule has 6 N–H and O–H groups in total. The van der Waals surface area contributed by atoms with Crippen LogP contribution in [0.3, 0.4) is 0 Å². The van der Waals surface area contributed by atoms with Crippen molar-refractivity contribution in [3.8, 4) is 0 Å². The number of nitrogens with one attached hydrogen (secondary N) is 2. The van der Waals surface area contributed by atoms with Gasteiger partial charge in [-0.25, -0.2) is 18.7 Å². The summed E-state index contributed by atoms with van der Waals surface area (Å²) in [5, 5.41) is 5.80. The molecule has 1 aliphatic rings. The number of nitrogens with two attached hydrogens (primary N) is 2. The number of halogens is 2. The summed E-state index contributed by atoms with van der Waals surface area (Å²) >= 11 is 0. The van der Waals surface area contributed by atoms with Crippen LogP contribution >= 0.6 is 0 Å². The molecule has 0 bridgehead atoms. The SMILES string of the molecule is CC(C)CC(CN)Nc1nc(Nc2cnc(N3CCOCC3)c(F)c2)c(C(N)=O)cc1F. The minimum absolute atomic E-state index is 0.0120.